The number of aromatic nitrogens is 2. The van der Waals surface area contributed by atoms with E-state index in [2.05, 4.69) is 20.7 Å². The van der Waals surface area contributed by atoms with E-state index in [1.807, 2.05) is 0 Å². The first-order valence-electron chi connectivity index (χ1n) is 14.7. The number of hydrogen-bond donors (Lipinski definition) is 1. The molecule has 8 rings (SSSR count). The van der Waals surface area contributed by atoms with Crippen LogP contribution in [-0.4, -0.2) is 76.7 Å². The lowest BCUT2D eigenvalue weighted by Gasteiger charge is -2.53. The van der Waals surface area contributed by atoms with E-state index in [1.165, 1.54) is 24.3 Å². The van der Waals surface area contributed by atoms with Gasteiger partial charge in [0.1, 0.15) is 35.7 Å². The van der Waals surface area contributed by atoms with Gasteiger partial charge in [-0.15, -0.1) is 6.42 Å². The molecule has 5 heterocycles. The molecule has 1 aromatic heterocycles. The van der Waals surface area contributed by atoms with Gasteiger partial charge in [0.2, 0.25) is 0 Å². The van der Waals surface area contributed by atoms with Gasteiger partial charge >= 0.3 is 6.01 Å². The molecule has 43 heavy (non-hydrogen) atoms. The Kier molecular flexibility index (Phi) is 6.01. The topological polar surface area (TPSA) is 71.0 Å². The lowest BCUT2D eigenvalue weighted by atomic mass is 9.90. The maximum absolute atomic E-state index is 16.7. The summed E-state index contributed by atoms with van der Waals surface area (Å²) in [4.78, 5) is 13.6. The third kappa shape index (κ3) is 4.05. The molecule has 0 amide bonds. The standard InChI is InChI=1S/C33H29F3N4O3/c1-2-23-27(35)7-4-18-10-22(41)12-26(28(18)23)24-5-6-25-30(29(24)36)37-32(38-31(25)40-20-11-21(40)16-42-15-20)43-17-33-8-3-9-39(33)14-19(34)13-33/h1,4-7,10,12,19-21,41H,3,8-9,11,13-17H2. The second-order valence-electron chi connectivity index (χ2n) is 12.2. The number of rotatable bonds is 5. The van der Waals surface area contributed by atoms with E-state index in [1.54, 1.807) is 12.1 Å². The zero-order chi connectivity index (χ0) is 29.5. The summed E-state index contributed by atoms with van der Waals surface area (Å²) in [5.41, 5.74) is -0.0470. The zero-order valence-electron chi connectivity index (χ0n) is 23.3. The first-order chi connectivity index (χ1) is 20.8. The molecule has 7 nitrogen and oxygen atoms in total. The van der Waals surface area contributed by atoms with E-state index < -0.39 is 23.3 Å². The second kappa shape index (κ2) is 9.73. The van der Waals surface area contributed by atoms with Gasteiger partial charge in [0, 0.05) is 29.3 Å². The molecule has 4 atom stereocenters. The lowest BCUT2D eigenvalue weighted by Crippen LogP contribution is -2.64. The van der Waals surface area contributed by atoms with Crippen LogP contribution in [-0.2, 0) is 4.74 Å². The highest BCUT2D eigenvalue weighted by Gasteiger charge is 2.49. The molecule has 0 saturated carbocycles. The monoisotopic (exact) mass is 586 g/mol. The van der Waals surface area contributed by atoms with Crippen LogP contribution in [0.4, 0.5) is 19.0 Å². The van der Waals surface area contributed by atoms with Crippen LogP contribution >= 0.6 is 0 Å². The first-order valence-corrected chi connectivity index (χ1v) is 14.7. The van der Waals surface area contributed by atoms with Gasteiger partial charge in [-0.2, -0.15) is 9.97 Å². The average molecular weight is 587 g/mol. The van der Waals surface area contributed by atoms with Crippen molar-refractivity contribution in [2.75, 3.05) is 37.8 Å². The van der Waals surface area contributed by atoms with Gasteiger partial charge in [-0.05, 0) is 61.0 Å². The molecule has 4 aliphatic heterocycles. The van der Waals surface area contributed by atoms with Crippen molar-refractivity contribution in [3.05, 3.63) is 53.6 Å². The Balaban J connectivity index is 1.28. The van der Waals surface area contributed by atoms with Crippen molar-refractivity contribution in [3.63, 3.8) is 0 Å². The number of morpholine rings is 1. The molecule has 0 radical (unpaired) electrons. The number of halogens is 3. The van der Waals surface area contributed by atoms with Crippen LogP contribution in [0.1, 0.15) is 31.2 Å². The van der Waals surface area contributed by atoms with Crippen molar-refractivity contribution < 1.29 is 27.8 Å². The number of terminal acetylenes is 1. The Morgan fingerprint density at radius 3 is 2.74 bits per heavy atom. The molecule has 4 aromatic rings. The van der Waals surface area contributed by atoms with Crippen molar-refractivity contribution in [2.24, 2.45) is 0 Å². The minimum atomic E-state index is -0.910. The highest BCUT2D eigenvalue weighted by molar-refractivity contribution is 6.04. The van der Waals surface area contributed by atoms with Crippen molar-refractivity contribution in [1.29, 1.82) is 0 Å². The SMILES string of the molecule is C#Cc1c(F)ccc2cc(O)cc(-c3ccc4c(N5C6COCC5C6)nc(OCC56CCCN5CC(F)C6)nc4c3F)c12. The quantitative estimate of drug-likeness (QED) is 0.317. The third-order valence-corrected chi connectivity index (χ3v) is 9.68. The Hall–Kier alpha value is -4.07. The lowest BCUT2D eigenvalue weighted by molar-refractivity contribution is 0.00977. The number of anilines is 1. The van der Waals surface area contributed by atoms with E-state index in [-0.39, 0.29) is 52.7 Å². The predicted octanol–water partition coefficient (Wildman–Crippen LogP) is 5.35. The molecule has 4 fully saturated rings. The number of phenolic OH excluding ortho intramolecular Hbond substituents is 1. The van der Waals surface area contributed by atoms with Gasteiger partial charge in [-0.25, -0.2) is 13.2 Å². The predicted molar refractivity (Wildman–Crippen MR) is 156 cm³/mol. The summed E-state index contributed by atoms with van der Waals surface area (Å²) in [6.45, 7) is 2.51. The van der Waals surface area contributed by atoms with E-state index in [4.69, 9.17) is 20.9 Å². The van der Waals surface area contributed by atoms with Gasteiger partial charge in [0.05, 0.1) is 36.4 Å². The summed E-state index contributed by atoms with van der Waals surface area (Å²) >= 11 is 0. The Morgan fingerprint density at radius 1 is 1.12 bits per heavy atom. The molecule has 2 bridgehead atoms. The van der Waals surface area contributed by atoms with Crippen LogP contribution in [0.25, 0.3) is 32.8 Å². The van der Waals surface area contributed by atoms with Gasteiger partial charge in [0.25, 0.3) is 0 Å². The normalized spacial score (nSPS) is 26.5. The second-order valence-corrected chi connectivity index (χ2v) is 12.2. The number of alkyl halides is 1. The van der Waals surface area contributed by atoms with Crippen LogP contribution < -0.4 is 9.64 Å². The fraction of sp³-hybridized carbons (Fsp3) is 0.394. The van der Waals surface area contributed by atoms with Crippen LogP contribution in [0.15, 0.2) is 36.4 Å². The smallest absolute Gasteiger partial charge is 0.319 e. The first kappa shape index (κ1) is 26.5. The molecule has 10 heteroatoms. The summed E-state index contributed by atoms with van der Waals surface area (Å²) in [6, 6.07) is 9.14. The number of phenols is 1. The fourth-order valence-corrected chi connectivity index (χ4v) is 7.71. The molecule has 1 N–H and O–H groups in total. The van der Waals surface area contributed by atoms with Crippen molar-refractivity contribution in [2.45, 2.75) is 49.5 Å². The number of aromatic hydroxyl groups is 1. The van der Waals surface area contributed by atoms with Crippen molar-refractivity contribution >= 4 is 27.5 Å². The molecular weight excluding hydrogens is 557 g/mol. The minimum Gasteiger partial charge on any atom is -0.508 e. The van der Waals surface area contributed by atoms with E-state index in [0.29, 0.717) is 48.2 Å². The number of benzene rings is 3. The van der Waals surface area contributed by atoms with Crippen LogP contribution in [0, 0.1) is 24.0 Å². The molecule has 0 aliphatic carbocycles. The van der Waals surface area contributed by atoms with Crippen LogP contribution in [0.5, 0.6) is 11.8 Å². The fourth-order valence-electron chi connectivity index (χ4n) is 7.71. The Labute approximate surface area is 246 Å². The molecule has 0 spiro atoms. The maximum Gasteiger partial charge on any atom is 0.319 e. The Bertz CT molecular complexity index is 1830. The molecule has 4 unspecified atom stereocenters. The molecular formula is C33H29F3N4O3. The summed E-state index contributed by atoms with van der Waals surface area (Å²) in [6.07, 6.45) is 7.89. The zero-order valence-corrected chi connectivity index (χ0v) is 23.3. The van der Waals surface area contributed by atoms with Crippen LogP contribution in [0.2, 0.25) is 0 Å². The molecule has 3 aromatic carbocycles. The van der Waals surface area contributed by atoms with Crippen molar-refractivity contribution in [3.8, 4) is 35.2 Å². The highest BCUT2D eigenvalue weighted by atomic mass is 19.1. The third-order valence-electron chi connectivity index (χ3n) is 9.68. The maximum atomic E-state index is 16.7. The molecule has 4 aliphatic rings. The molecule has 4 saturated heterocycles. The number of ether oxygens (including phenoxy) is 2. The minimum absolute atomic E-state index is 0.0177. The molecule has 220 valence electrons. The summed E-state index contributed by atoms with van der Waals surface area (Å²) in [7, 11) is 0. The number of fused-ring (bicyclic) bond motifs is 5. The summed E-state index contributed by atoms with van der Waals surface area (Å²) < 4.78 is 57.8. The van der Waals surface area contributed by atoms with Gasteiger partial charge < -0.3 is 19.5 Å². The number of hydrogen-bond acceptors (Lipinski definition) is 7. The van der Waals surface area contributed by atoms with E-state index in [0.717, 1.165) is 25.8 Å². The number of nitrogens with zero attached hydrogens (tertiary/aromatic N) is 4. The highest BCUT2D eigenvalue weighted by Crippen LogP contribution is 2.44. The average Bonchev–Trinajstić information content (AvgIpc) is 3.52. The summed E-state index contributed by atoms with van der Waals surface area (Å²) in [5.74, 6) is 1.55. The largest absolute Gasteiger partial charge is 0.508 e. The van der Waals surface area contributed by atoms with Gasteiger partial charge in [-0.1, -0.05) is 18.1 Å². The van der Waals surface area contributed by atoms with Gasteiger partial charge in [0.15, 0.2) is 5.82 Å². The van der Waals surface area contributed by atoms with Crippen LogP contribution in [0.3, 0.4) is 0 Å². The van der Waals surface area contributed by atoms with Crippen molar-refractivity contribution in [1.82, 2.24) is 14.9 Å². The van der Waals surface area contributed by atoms with Gasteiger partial charge in [-0.3, -0.25) is 4.90 Å². The van der Waals surface area contributed by atoms with E-state index >= 15 is 4.39 Å². The van der Waals surface area contributed by atoms with E-state index in [9.17, 15) is 13.9 Å². The summed E-state index contributed by atoms with van der Waals surface area (Å²) in [5, 5.41) is 11.8. The Morgan fingerprint density at radius 2 is 1.95 bits per heavy atom.